The predicted molar refractivity (Wildman–Crippen MR) is 92.6 cm³/mol. The molecule has 0 atom stereocenters. The first-order valence-corrected chi connectivity index (χ1v) is 9.46. The van der Waals surface area contributed by atoms with Crippen molar-refractivity contribution in [3.63, 3.8) is 0 Å². The average molecular weight is 409 g/mol. The van der Waals surface area contributed by atoms with E-state index in [1.54, 1.807) is 19.1 Å². The van der Waals surface area contributed by atoms with Gasteiger partial charge in [-0.15, -0.1) is 0 Å². The van der Waals surface area contributed by atoms with Crippen LogP contribution in [0.25, 0.3) is 0 Å². The van der Waals surface area contributed by atoms with E-state index in [9.17, 15) is 21.6 Å². The van der Waals surface area contributed by atoms with Crippen LogP contribution in [0.1, 0.15) is 16.7 Å². The van der Waals surface area contributed by atoms with Crippen LogP contribution in [0.4, 0.5) is 19.0 Å². The van der Waals surface area contributed by atoms with Gasteiger partial charge in [-0.1, -0.05) is 29.3 Å². The molecule has 0 fully saturated rings. The number of anilines is 1. The first-order chi connectivity index (χ1) is 12.0. The fraction of sp³-hybridized carbons (Fsp3) is 0.312. The van der Waals surface area contributed by atoms with Crippen LogP contribution in [0.5, 0.6) is 0 Å². The van der Waals surface area contributed by atoms with E-state index in [1.807, 2.05) is 6.92 Å². The van der Waals surface area contributed by atoms with Gasteiger partial charge in [0.1, 0.15) is 11.2 Å². The zero-order chi connectivity index (χ0) is 19.5. The second-order valence-corrected chi connectivity index (χ2v) is 7.85. The SMILES string of the molecule is Cc1ccc(S(=O)(=O)NCCNc2[nH+]cc(C(F)(F)F)cc2Cl)c(C)c1. The Morgan fingerprint density at radius 1 is 1.15 bits per heavy atom. The summed E-state index contributed by atoms with van der Waals surface area (Å²) >= 11 is 5.80. The number of aromatic amines is 1. The molecular weight excluding hydrogens is 391 g/mol. The Morgan fingerprint density at radius 2 is 1.85 bits per heavy atom. The van der Waals surface area contributed by atoms with Crippen molar-refractivity contribution in [1.82, 2.24) is 4.72 Å². The Balaban J connectivity index is 1.96. The largest absolute Gasteiger partial charge is 0.419 e. The van der Waals surface area contributed by atoms with E-state index in [0.29, 0.717) is 5.56 Å². The molecule has 0 bridgehead atoms. The Morgan fingerprint density at radius 3 is 2.42 bits per heavy atom. The van der Waals surface area contributed by atoms with Crippen LogP contribution in [0.15, 0.2) is 35.4 Å². The standard InChI is InChI=1S/C16H17ClF3N3O2S/c1-10-3-4-14(11(2)7-10)26(24,25)23-6-5-21-15-13(17)8-12(9-22-15)16(18,19)20/h3-4,7-9,23H,5-6H2,1-2H3,(H,21,22)/p+1. The molecule has 2 aromatic rings. The van der Waals surface area contributed by atoms with Crippen molar-refractivity contribution in [2.45, 2.75) is 24.9 Å². The average Bonchev–Trinajstić information content (AvgIpc) is 2.51. The van der Waals surface area contributed by atoms with Gasteiger partial charge < -0.3 is 0 Å². The Labute approximate surface area is 154 Å². The lowest BCUT2D eigenvalue weighted by Gasteiger charge is -2.10. The van der Waals surface area contributed by atoms with Crippen molar-refractivity contribution < 1.29 is 26.6 Å². The van der Waals surface area contributed by atoms with Gasteiger partial charge in [-0.25, -0.2) is 18.1 Å². The molecule has 3 N–H and O–H groups in total. The van der Waals surface area contributed by atoms with Gasteiger partial charge in [0, 0.05) is 6.54 Å². The van der Waals surface area contributed by atoms with Gasteiger partial charge >= 0.3 is 6.18 Å². The van der Waals surface area contributed by atoms with Crippen molar-refractivity contribution in [2.75, 3.05) is 18.4 Å². The summed E-state index contributed by atoms with van der Waals surface area (Å²) in [6.07, 6.45) is -3.71. The van der Waals surface area contributed by atoms with E-state index >= 15 is 0 Å². The number of benzene rings is 1. The maximum atomic E-state index is 12.6. The van der Waals surface area contributed by atoms with E-state index in [4.69, 9.17) is 11.6 Å². The molecule has 1 heterocycles. The van der Waals surface area contributed by atoms with Crippen LogP contribution in [-0.4, -0.2) is 21.5 Å². The lowest BCUT2D eigenvalue weighted by Crippen LogP contribution is -2.30. The first kappa shape index (κ1) is 20.5. The van der Waals surface area contributed by atoms with Gasteiger partial charge in [0.2, 0.25) is 10.0 Å². The number of aromatic nitrogens is 1. The predicted octanol–water partition coefficient (Wildman–Crippen LogP) is 3.18. The van der Waals surface area contributed by atoms with Crippen molar-refractivity contribution in [3.05, 3.63) is 52.2 Å². The van der Waals surface area contributed by atoms with Crippen LogP contribution in [0, 0.1) is 13.8 Å². The lowest BCUT2D eigenvalue weighted by molar-refractivity contribution is -0.364. The number of halogens is 4. The third-order valence-corrected chi connectivity index (χ3v) is 5.48. The minimum Gasteiger partial charge on any atom is -0.272 e. The molecule has 0 saturated heterocycles. The summed E-state index contributed by atoms with van der Waals surface area (Å²) in [4.78, 5) is 2.60. The number of nitrogens with one attached hydrogen (secondary N) is 3. The van der Waals surface area contributed by atoms with Crippen molar-refractivity contribution in [3.8, 4) is 0 Å². The number of pyridine rings is 1. The maximum absolute atomic E-state index is 12.6. The fourth-order valence-electron chi connectivity index (χ4n) is 2.32. The van der Waals surface area contributed by atoms with Gasteiger partial charge in [-0.2, -0.15) is 13.2 Å². The molecule has 0 aliphatic carbocycles. The molecule has 0 saturated carbocycles. The highest BCUT2D eigenvalue weighted by molar-refractivity contribution is 7.89. The van der Waals surface area contributed by atoms with Crippen LogP contribution < -0.4 is 15.0 Å². The fourth-order valence-corrected chi connectivity index (χ4v) is 3.82. The molecule has 1 aromatic carbocycles. The number of sulfonamides is 1. The summed E-state index contributed by atoms with van der Waals surface area (Å²) in [6.45, 7) is 3.73. The van der Waals surface area contributed by atoms with E-state index in [0.717, 1.165) is 17.8 Å². The number of alkyl halides is 3. The Bertz CT molecular complexity index is 902. The molecule has 0 amide bonds. The molecule has 142 valence electrons. The number of hydrogen-bond acceptors (Lipinski definition) is 3. The molecule has 0 aliphatic rings. The number of aryl methyl sites for hydroxylation is 2. The topological polar surface area (TPSA) is 72.3 Å². The molecule has 10 heteroatoms. The maximum Gasteiger partial charge on any atom is 0.419 e. The van der Waals surface area contributed by atoms with E-state index in [1.165, 1.54) is 6.07 Å². The van der Waals surface area contributed by atoms with Crippen LogP contribution in [0.3, 0.4) is 0 Å². The minimum absolute atomic E-state index is 0.0286. The number of H-pyrrole nitrogens is 1. The molecule has 5 nitrogen and oxygen atoms in total. The van der Waals surface area contributed by atoms with Gasteiger partial charge in [0.15, 0.2) is 0 Å². The second-order valence-electron chi connectivity index (χ2n) is 5.70. The molecular formula is C16H18ClF3N3O2S+. The molecule has 26 heavy (non-hydrogen) atoms. The van der Waals surface area contributed by atoms with Gasteiger partial charge in [-0.3, -0.25) is 5.32 Å². The summed E-state index contributed by atoms with van der Waals surface area (Å²) in [5, 5.41) is 2.62. The number of hydrogen-bond donors (Lipinski definition) is 2. The number of rotatable bonds is 6. The van der Waals surface area contributed by atoms with E-state index < -0.39 is 21.8 Å². The quantitative estimate of drug-likeness (QED) is 0.721. The Kier molecular flexibility index (Phi) is 6.15. The summed E-state index contributed by atoms with van der Waals surface area (Å²) in [5.41, 5.74) is 0.684. The van der Waals surface area contributed by atoms with E-state index in [-0.39, 0.29) is 28.8 Å². The zero-order valence-electron chi connectivity index (χ0n) is 14.0. The molecule has 1 aromatic heterocycles. The van der Waals surface area contributed by atoms with E-state index in [2.05, 4.69) is 15.0 Å². The van der Waals surface area contributed by atoms with Gasteiger partial charge in [0.05, 0.1) is 17.0 Å². The van der Waals surface area contributed by atoms with Crippen LogP contribution in [0.2, 0.25) is 5.02 Å². The Hall–Kier alpha value is -1.84. The monoisotopic (exact) mass is 408 g/mol. The lowest BCUT2D eigenvalue weighted by atomic mass is 10.2. The van der Waals surface area contributed by atoms with Crippen molar-refractivity contribution >= 4 is 27.4 Å². The van der Waals surface area contributed by atoms with Gasteiger partial charge in [-0.05, 0) is 31.5 Å². The smallest absolute Gasteiger partial charge is 0.272 e. The second kappa shape index (κ2) is 7.81. The highest BCUT2D eigenvalue weighted by Gasteiger charge is 2.32. The minimum atomic E-state index is -4.50. The molecule has 0 aliphatic heterocycles. The molecule has 0 radical (unpaired) electrons. The summed E-state index contributed by atoms with van der Waals surface area (Å²) in [7, 11) is -3.68. The summed E-state index contributed by atoms with van der Waals surface area (Å²) < 4.78 is 64.8. The van der Waals surface area contributed by atoms with Crippen LogP contribution in [-0.2, 0) is 16.2 Å². The highest BCUT2D eigenvalue weighted by atomic mass is 35.5. The third-order valence-electron chi connectivity index (χ3n) is 3.56. The highest BCUT2D eigenvalue weighted by Crippen LogP contribution is 2.31. The summed E-state index contributed by atoms with van der Waals surface area (Å²) in [6, 6.07) is 5.79. The molecule has 2 rings (SSSR count). The normalized spacial score (nSPS) is 12.2. The molecule has 0 spiro atoms. The zero-order valence-corrected chi connectivity index (χ0v) is 15.6. The van der Waals surface area contributed by atoms with Crippen LogP contribution >= 0.6 is 11.6 Å². The summed E-state index contributed by atoms with van der Waals surface area (Å²) in [5.74, 6) is 0.172. The van der Waals surface area contributed by atoms with Gasteiger partial charge in [0.25, 0.3) is 5.82 Å². The van der Waals surface area contributed by atoms with Crippen molar-refractivity contribution in [1.29, 1.82) is 0 Å². The third kappa shape index (κ3) is 5.09. The first-order valence-electron chi connectivity index (χ1n) is 7.60. The molecule has 0 unspecified atom stereocenters. The van der Waals surface area contributed by atoms with Crippen molar-refractivity contribution in [2.24, 2.45) is 0 Å².